The Bertz CT molecular complexity index is 302. The molecule has 1 nitrogen and oxygen atoms in total. The van der Waals surface area contributed by atoms with Crippen molar-refractivity contribution >= 4 is 0 Å². The van der Waals surface area contributed by atoms with Gasteiger partial charge in [0.2, 0.25) is 0 Å². The SMILES string of the molecule is NC1C=CCCc2ccccc21. The number of nitrogens with two attached hydrogens (primary N) is 1. The van der Waals surface area contributed by atoms with E-state index < -0.39 is 0 Å². The number of rotatable bonds is 0. The van der Waals surface area contributed by atoms with Gasteiger partial charge in [-0.3, -0.25) is 0 Å². The summed E-state index contributed by atoms with van der Waals surface area (Å²) >= 11 is 0. The molecule has 0 radical (unpaired) electrons. The van der Waals surface area contributed by atoms with E-state index in [0.29, 0.717) is 0 Å². The van der Waals surface area contributed by atoms with Crippen molar-refractivity contribution in [2.45, 2.75) is 18.9 Å². The quantitative estimate of drug-likeness (QED) is 0.577. The summed E-state index contributed by atoms with van der Waals surface area (Å²) in [5, 5.41) is 0. The monoisotopic (exact) mass is 159 g/mol. The van der Waals surface area contributed by atoms with Crippen molar-refractivity contribution in [2.75, 3.05) is 0 Å². The van der Waals surface area contributed by atoms with Crippen molar-refractivity contribution in [2.24, 2.45) is 5.73 Å². The van der Waals surface area contributed by atoms with E-state index in [9.17, 15) is 0 Å². The molecular formula is C11H13N. The van der Waals surface area contributed by atoms with Crippen LogP contribution in [0.2, 0.25) is 0 Å². The lowest BCUT2D eigenvalue weighted by Gasteiger charge is -2.09. The third-order valence-corrected chi connectivity index (χ3v) is 2.34. The van der Waals surface area contributed by atoms with Crippen LogP contribution >= 0.6 is 0 Å². The van der Waals surface area contributed by atoms with E-state index in [1.54, 1.807) is 0 Å². The molecule has 62 valence electrons. The second kappa shape index (κ2) is 3.11. The van der Waals surface area contributed by atoms with E-state index in [-0.39, 0.29) is 6.04 Å². The number of benzene rings is 1. The van der Waals surface area contributed by atoms with E-state index in [1.165, 1.54) is 11.1 Å². The fourth-order valence-electron chi connectivity index (χ4n) is 1.67. The maximum atomic E-state index is 5.96. The summed E-state index contributed by atoms with van der Waals surface area (Å²) in [4.78, 5) is 0. The first-order valence-corrected chi connectivity index (χ1v) is 4.38. The normalized spacial score (nSPS) is 21.6. The van der Waals surface area contributed by atoms with Gasteiger partial charge in [-0.25, -0.2) is 0 Å². The van der Waals surface area contributed by atoms with Gasteiger partial charge in [-0.05, 0) is 24.0 Å². The highest BCUT2D eigenvalue weighted by molar-refractivity contribution is 5.34. The molecule has 1 aliphatic rings. The molecule has 0 aromatic heterocycles. The van der Waals surface area contributed by atoms with Gasteiger partial charge in [0.15, 0.2) is 0 Å². The lowest BCUT2D eigenvalue weighted by Crippen LogP contribution is -2.07. The Labute approximate surface area is 72.9 Å². The highest BCUT2D eigenvalue weighted by Gasteiger charge is 2.09. The molecule has 1 aromatic rings. The molecule has 2 rings (SSSR count). The minimum Gasteiger partial charge on any atom is -0.321 e. The lowest BCUT2D eigenvalue weighted by atomic mass is 10.0. The molecule has 1 unspecified atom stereocenters. The van der Waals surface area contributed by atoms with Crippen LogP contribution < -0.4 is 5.73 Å². The second-order valence-electron chi connectivity index (χ2n) is 3.19. The second-order valence-corrected chi connectivity index (χ2v) is 3.19. The number of aryl methyl sites for hydroxylation is 1. The molecule has 0 saturated heterocycles. The molecule has 0 amide bonds. The van der Waals surface area contributed by atoms with Crippen LogP contribution in [-0.4, -0.2) is 0 Å². The van der Waals surface area contributed by atoms with E-state index >= 15 is 0 Å². The Balaban J connectivity index is 2.46. The molecule has 1 heteroatoms. The zero-order valence-corrected chi connectivity index (χ0v) is 7.03. The third-order valence-electron chi connectivity index (χ3n) is 2.34. The highest BCUT2D eigenvalue weighted by Crippen LogP contribution is 2.21. The van der Waals surface area contributed by atoms with Gasteiger partial charge < -0.3 is 5.73 Å². The predicted molar refractivity (Wildman–Crippen MR) is 50.8 cm³/mol. The molecule has 0 spiro atoms. The van der Waals surface area contributed by atoms with Gasteiger partial charge in [-0.15, -0.1) is 0 Å². The largest absolute Gasteiger partial charge is 0.321 e. The molecule has 0 aliphatic heterocycles. The molecule has 2 N–H and O–H groups in total. The first-order chi connectivity index (χ1) is 5.88. The van der Waals surface area contributed by atoms with Gasteiger partial charge in [0, 0.05) is 6.04 Å². The number of allylic oxidation sites excluding steroid dienone is 1. The summed E-state index contributed by atoms with van der Waals surface area (Å²) in [7, 11) is 0. The van der Waals surface area contributed by atoms with Crippen LogP contribution in [-0.2, 0) is 6.42 Å². The summed E-state index contributed by atoms with van der Waals surface area (Å²) in [6, 6.07) is 8.52. The van der Waals surface area contributed by atoms with Crippen LogP contribution in [0.25, 0.3) is 0 Å². The van der Waals surface area contributed by atoms with Crippen molar-refractivity contribution in [3.8, 4) is 0 Å². The Morgan fingerprint density at radius 1 is 1.25 bits per heavy atom. The summed E-state index contributed by atoms with van der Waals surface area (Å²) in [5.41, 5.74) is 8.64. The standard InChI is InChI=1S/C11H13N/c12-11-8-4-2-6-9-5-1-3-7-10(9)11/h1,3-5,7-8,11H,2,6,12H2. The van der Waals surface area contributed by atoms with Gasteiger partial charge in [0.1, 0.15) is 0 Å². The Kier molecular flexibility index (Phi) is 1.96. The summed E-state index contributed by atoms with van der Waals surface area (Å²) in [6.45, 7) is 0. The van der Waals surface area contributed by atoms with Gasteiger partial charge in [-0.2, -0.15) is 0 Å². The highest BCUT2D eigenvalue weighted by atomic mass is 14.6. The maximum Gasteiger partial charge on any atom is 0.0483 e. The molecule has 0 heterocycles. The average molecular weight is 159 g/mol. The first-order valence-electron chi connectivity index (χ1n) is 4.38. The minimum atomic E-state index is 0.101. The number of fused-ring (bicyclic) bond motifs is 1. The van der Waals surface area contributed by atoms with Crippen LogP contribution in [0.15, 0.2) is 36.4 Å². The van der Waals surface area contributed by atoms with E-state index in [1.807, 2.05) is 0 Å². The van der Waals surface area contributed by atoms with Crippen molar-refractivity contribution in [1.29, 1.82) is 0 Å². The number of hydrogen-bond acceptors (Lipinski definition) is 1. The maximum absolute atomic E-state index is 5.96. The molecule has 0 bridgehead atoms. The summed E-state index contributed by atoms with van der Waals surface area (Å²) < 4.78 is 0. The lowest BCUT2D eigenvalue weighted by molar-refractivity contribution is 0.898. The van der Waals surface area contributed by atoms with Crippen LogP contribution in [0.3, 0.4) is 0 Å². The van der Waals surface area contributed by atoms with Crippen LogP contribution in [0.4, 0.5) is 0 Å². The van der Waals surface area contributed by atoms with Crippen LogP contribution in [0.5, 0.6) is 0 Å². The van der Waals surface area contributed by atoms with Crippen molar-refractivity contribution < 1.29 is 0 Å². The predicted octanol–water partition coefficient (Wildman–Crippen LogP) is 2.19. The van der Waals surface area contributed by atoms with Crippen LogP contribution in [0, 0.1) is 0 Å². The Hall–Kier alpha value is -1.08. The fourth-order valence-corrected chi connectivity index (χ4v) is 1.67. The summed E-state index contributed by atoms with van der Waals surface area (Å²) in [6.07, 6.45) is 6.50. The molecule has 12 heavy (non-hydrogen) atoms. The van der Waals surface area contributed by atoms with Gasteiger partial charge in [-0.1, -0.05) is 36.4 Å². The molecule has 0 saturated carbocycles. The van der Waals surface area contributed by atoms with Crippen molar-refractivity contribution in [3.63, 3.8) is 0 Å². The average Bonchev–Trinajstić information content (AvgIpc) is 2.29. The summed E-state index contributed by atoms with van der Waals surface area (Å²) in [5.74, 6) is 0. The smallest absolute Gasteiger partial charge is 0.0483 e. The molecule has 1 aliphatic carbocycles. The Morgan fingerprint density at radius 2 is 2.08 bits per heavy atom. The fraction of sp³-hybridized carbons (Fsp3) is 0.273. The topological polar surface area (TPSA) is 26.0 Å². The molecular weight excluding hydrogens is 146 g/mol. The van der Waals surface area contributed by atoms with E-state index in [0.717, 1.165) is 12.8 Å². The van der Waals surface area contributed by atoms with Crippen LogP contribution in [0.1, 0.15) is 23.6 Å². The van der Waals surface area contributed by atoms with Gasteiger partial charge in [0.05, 0.1) is 0 Å². The minimum absolute atomic E-state index is 0.101. The molecule has 1 aromatic carbocycles. The molecule has 0 fully saturated rings. The first kappa shape index (κ1) is 7.56. The van der Waals surface area contributed by atoms with E-state index in [4.69, 9.17) is 5.73 Å². The third kappa shape index (κ3) is 1.28. The zero-order chi connectivity index (χ0) is 8.39. The number of hydrogen-bond donors (Lipinski definition) is 1. The Morgan fingerprint density at radius 3 is 3.00 bits per heavy atom. The molecule has 1 atom stereocenters. The van der Waals surface area contributed by atoms with Gasteiger partial charge in [0.25, 0.3) is 0 Å². The van der Waals surface area contributed by atoms with Crippen molar-refractivity contribution in [3.05, 3.63) is 47.5 Å². The zero-order valence-electron chi connectivity index (χ0n) is 7.03. The van der Waals surface area contributed by atoms with E-state index in [2.05, 4.69) is 36.4 Å². The van der Waals surface area contributed by atoms with Crippen molar-refractivity contribution in [1.82, 2.24) is 0 Å². The van der Waals surface area contributed by atoms with Gasteiger partial charge >= 0.3 is 0 Å².